The van der Waals surface area contributed by atoms with Crippen LogP contribution in [0.15, 0.2) is 11.6 Å². The van der Waals surface area contributed by atoms with Crippen LogP contribution in [0.25, 0.3) is 0 Å². The molecule has 0 rings (SSSR count). The third kappa shape index (κ3) is 6.06. The van der Waals surface area contributed by atoms with Gasteiger partial charge in [-0.15, -0.1) is 0 Å². The van der Waals surface area contributed by atoms with E-state index < -0.39 is 5.78 Å². The third-order valence-electron chi connectivity index (χ3n) is 1.04. The Labute approximate surface area is 87.4 Å². The molecule has 71 valence electrons. The molecule has 0 aliphatic rings. The van der Waals surface area contributed by atoms with Gasteiger partial charge in [0.05, 0.1) is 11.6 Å². The quantitative estimate of drug-likeness (QED) is 0.398. The van der Waals surface area contributed by atoms with Gasteiger partial charge in [0, 0.05) is 25.9 Å². The van der Waals surface area contributed by atoms with Crippen LogP contribution in [0.2, 0.25) is 0 Å². The zero-order valence-corrected chi connectivity index (χ0v) is 8.39. The van der Waals surface area contributed by atoms with Crippen molar-refractivity contribution in [2.45, 2.75) is 13.3 Å². The van der Waals surface area contributed by atoms with Gasteiger partial charge in [0.15, 0.2) is 0 Å². The maximum absolute atomic E-state index is 10.7. The van der Waals surface area contributed by atoms with Gasteiger partial charge in [-0.05, 0) is 6.92 Å². The van der Waals surface area contributed by atoms with Gasteiger partial charge in [-0.2, -0.15) is 0 Å². The molecule has 0 N–H and O–H groups in total. The SMILES string of the molecule is CC(=O)CC(=C=O)C(=O)C=C=O.[Rh]. The Kier molecular flexibility index (Phi) is 8.31. The number of rotatable bonds is 4. The Balaban J connectivity index is 0. The van der Waals surface area contributed by atoms with Crippen LogP contribution in [0.3, 0.4) is 0 Å². The molecular weight excluding hydrogens is 263 g/mol. The second kappa shape index (κ2) is 7.51. The van der Waals surface area contributed by atoms with Crippen LogP contribution in [0.4, 0.5) is 0 Å². The van der Waals surface area contributed by atoms with E-state index in [9.17, 15) is 19.2 Å². The van der Waals surface area contributed by atoms with Crippen molar-refractivity contribution in [2.75, 3.05) is 0 Å². The predicted molar refractivity (Wildman–Crippen MR) is 39.8 cm³/mol. The summed E-state index contributed by atoms with van der Waals surface area (Å²) in [5.74, 6) is 1.38. The fraction of sp³-hybridized carbons (Fsp3) is 0.250. The van der Waals surface area contributed by atoms with Gasteiger partial charge in [0.25, 0.3) is 0 Å². The molecule has 0 aliphatic carbocycles. The average Bonchev–Trinajstić information content (AvgIpc) is 2.00. The predicted octanol–water partition coefficient (Wildman–Crippen LogP) is -0.322. The third-order valence-corrected chi connectivity index (χ3v) is 1.04. The summed E-state index contributed by atoms with van der Waals surface area (Å²) >= 11 is 0. The molecule has 0 unspecified atom stereocenters. The van der Waals surface area contributed by atoms with E-state index >= 15 is 0 Å². The Morgan fingerprint density at radius 3 is 2.15 bits per heavy atom. The van der Waals surface area contributed by atoms with E-state index in [1.807, 2.05) is 0 Å². The number of allylic oxidation sites excluding steroid dienone is 2. The first kappa shape index (κ1) is 14.4. The molecule has 1 radical (unpaired) electrons. The van der Waals surface area contributed by atoms with Crippen molar-refractivity contribution in [3.8, 4) is 0 Å². The van der Waals surface area contributed by atoms with Crippen molar-refractivity contribution < 1.29 is 38.7 Å². The summed E-state index contributed by atoms with van der Waals surface area (Å²) in [6.45, 7) is 1.23. The topological polar surface area (TPSA) is 68.3 Å². The number of hydrogen-bond donors (Lipinski definition) is 0. The molecule has 0 saturated heterocycles. The van der Waals surface area contributed by atoms with E-state index in [4.69, 9.17) is 0 Å². The summed E-state index contributed by atoms with van der Waals surface area (Å²) in [6.07, 6.45) is 0.268. The molecule has 0 saturated carbocycles. The number of Topliss-reactive ketones (excluding diaryl/α,β-unsaturated/α-hetero) is 1. The molecule has 5 heteroatoms. The molecule has 0 aliphatic heterocycles. The second-order valence-corrected chi connectivity index (χ2v) is 2.09. The van der Waals surface area contributed by atoms with Gasteiger partial charge in [-0.3, -0.25) is 9.59 Å². The number of carbonyl (C=O) groups excluding carboxylic acids is 4. The maximum atomic E-state index is 10.7. The van der Waals surface area contributed by atoms with Crippen molar-refractivity contribution in [3.05, 3.63) is 11.6 Å². The van der Waals surface area contributed by atoms with Crippen LogP contribution in [0.5, 0.6) is 0 Å². The van der Waals surface area contributed by atoms with Crippen molar-refractivity contribution in [1.82, 2.24) is 0 Å². The van der Waals surface area contributed by atoms with E-state index in [1.54, 1.807) is 0 Å². The molecular formula is C8H6O4Rh. The minimum atomic E-state index is -0.810. The average molecular weight is 269 g/mol. The summed E-state index contributed by atoms with van der Waals surface area (Å²) in [4.78, 5) is 41.0. The van der Waals surface area contributed by atoms with Gasteiger partial charge in [0.1, 0.15) is 17.7 Å². The van der Waals surface area contributed by atoms with Crippen molar-refractivity contribution >= 4 is 23.4 Å². The molecule has 0 amide bonds. The van der Waals surface area contributed by atoms with Crippen LogP contribution < -0.4 is 0 Å². The van der Waals surface area contributed by atoms with Crippen LogP contribution in [-0.2, 0) is 38.7 Å². The van der Waals surface area contributed by atoms with Crippen molar-refractivity contribution in [2.24, 2.45) is 0 Å². The maximum Gasteiger partial charge on any atom is 0.204 e. The molecule has 0 fully saturated rings. The minimum absolute atomic E-state index is 0. The van der Waals surface area contributed by atoms with Gasteiger partial charge in [-0.1, -0.05) is 0 Å². The molecule has 0 atom stereocenters. The largest absolute Gasteiger partial charge is 0.300 e. The first-order valence-electron chi connectivity index (χ1n) is 3.10. The van der Waals surface area contributed by atoms with E-state index in [0.29, 0.717) is 6.08 Å². The van der Waals surface area contributed by atoms with Crippen LogP contribution in [-0.4, -0.2) is 23.4 Å². The van der Waals surface area contributed by atoms with Crippen LogP contribution in [0, 0.1) is 0 Å². The van der Waals surface area contributed by atoms with Gasteiger partial charge in [0.2, 0.25) is 5.78 Å². The van der Waals surface area contributed by atoms with Crippen LogP contribution >= 0.6 is 0 Å². The van der Waals surface area contributed by atoms with Gasteiger partial charge >= 0.3 is 0 Å². The van der Waals surface area contributed by atoms with Gasteiger partial charge < -0.3 is 0 Å². The first-order chi connectivity index (χ1) is 5.61. The summed E-state index contributed by atoms with van der Waals surface area (Å²) in [5, 5.41) is 0. The van der Waals surface area contributed by atoms with Crippen molar-refractivity contribution in [1.29, 1.82) is 0 Å². The Hall–Kier alpha value is -1.14. The molecule has 0 heterocycles. The second-order valence-electron chi connectivity index (χ2n) is 2.09. The fourth-order valence-corrected chi connectivity index (χ4v) is 0.563. The Morgan fingerprint density at radius 1 is 1.31 bits per heavy atom. The first-order valence-corrected chi connectivity index (χ1v) is 3.10. The van der Waals surface area contributed by atoms with Gasteiger partial charge in [-0.25, -0.2) is 9.59 Å². The standard InChI is InChI=1S/C8H6O4.Rh/c1-6(11)4-7(5-10)8(12)2-3-9;/h2H,4H2,1H3;. The number of ketones is 2. The summed E-state index contributed by atoms with van der Waals surface area (Å²) < 4.78 is 0. The summed E-state index contributed by atoms with van der Waals surface area (Å²) in [6, 6.07) is 0. The molecule has 4 nitrogen and oxygen atoms in total. The normalized spacial score (nSPS) is 7.15. The van der Waals surface area contributed by atoms with E-state index in [2.05, 4.69) is 0 Å². The van der Waals surface area contributed by atoms with Crippen molar-refractivity contribution in [3.63, 3.8) is 0 Å². The summed E-state index contributed by atoms with van der Waals surface area (Å²) in [7, 11) is 0. The molecule has 0 spiro atoms. The molecule has 13 heavy (non-hydrogen) atoms. The van der Waals surface area contributed by atoms with E-state index in [0.717, 1.165) is 0 Å². The fourth-order valence-electron chi connectivity index (χ4n) is 0.563. The molecule has 0 bridgehead atoms. The smallest absolute Gasteiger partial charge is 0.204 e. The van der Waals surface area contributed by atoms with E-state index in [-0.39, 0.29) is 37.3 Å². The summed E-state index contributed by atoms with van der Waals surface area (Å²) in [5.41, 5.74) is -0.342. The monoisotopic (exact) mass is 269 g/mol. The van der Waals surface area contributed by atoms with E-state index in [1.165, 1.54) is 18.8 Å². The molecule has 0 aromatic carbocycles. The Bertz CT molecular complexity index is 306. The number of carbonyl (C=O) groups is 2. The van der Waals surface area contributed by atoms with Crippen LogP contribution in [0.1, 0.15) is 13.3 Å². The zero-order valence-electron chi connectivity index (χ0n) is 6.75. The molecule has 0 aromatic rings. The zero-order chi connectivity index (χ0) is 9.56. The number of hydrogen-bond acceptors (Lipinski definition) is 4. The Morgan fingerprint density at radius 2 is 1.85 bits per heavy atom. The minimum Gasteiger partial charge on any atom is -0.300 e. The molecule has 0 aromatic heterocycles.